The molecule has 0 saturated heterocycles. The highest BCUT2D eigenvalue weighted by molar-refractivity contribution is 5.97. The standard InChI is InChI=1S/C20H19FN6O2/c1-11-18(23-9-14(8-22)24-11)12(2)25-17(28)10-27-19(29)26-16-4-3-13(21)7-15(16)20(27)5-6-20/h3-4,7,9,12H,5-6,10H2,1-2H3,(H,25,28)(H,26,29)/t12-/m1/s1. The zero-order valence-electron chi connectivity index (χ0n) is 16.0. The van der Waals surface area contributed by atoms with Gasteiger partial charge in [0.05, 0.1) is 29.2 Å². The first-order valence-corrected chi connectivity index (χ1v) is 9.26. The summed E-state index contributed by atoms with van der Waals surface area (Å²) in [5.41, 5.74) is 1.96. The van der Waals surface area contributed by atoms with E-state index >= 15 is 0 Å². The van der Waals surface area contributed by atoms with Gasteiger partial charge in [-0.15, -0.1) is 0 Å². The van der Waals surface area contributed by atoms with E-state index in [0.29, 0.717) is 35.5 Å². The number of benzene rings is 1. The van der Waals surface area contributed by atoms with E-state index < -0.39 is 11.6 Å². The molecule has 1 atom stereocenters. The number of aromatic nitrogens is 2. The third-order valence-electron chi connectivity index (χ3n) is 5.40. The van der Waals surface area contributed by atoms with Gasteiger partial charge in [0.15, 0.2) is 5.69 Å². The number of nitrogens with zero attached hydrogens (tertiary/aromatic N) is 4. The normalized spacial score (nSPS) is 17.2. The number of fused-ring (bicyclic) bond motifs is 2. The fourth-order valence-corrected chi connectivity index (χ4v) is 3.88. The van der Waals surface area contributed by atoms with Crippen LogP contribution >= 0.6 is 0 Å². The Morgan fingerprint density at radius 3 is 2.90 bits per heavy atom. The monoisotopic (exact) mass is 394 g/mol. The Kier molecular flexibility index (Phi) is 4.42. The predicted molar refractivity (Wildman–Crippen MR) is 101 cm³/mol. The molecular weight excluding hydrogens is 375 g/mol. The first-order valence-electron chi connectivity index (χ1n) is 9.26. The molecule has 1 aliphatic carbocycles. The minimum absolute atomic E-state index is 0.158. The van der Waals surface area contributed by atoms with Crippen LogP contribution < -0.4 is 10.6 Å². The first kappa shape index (κ1) is 18.8. The van der Waals surface area contributed by atoms with Crippen LogP contribution in [0.3, 0.4) is 0 Å². The zero-order valence-corrected chi connectivity index (χ0v) is 16.0. The molecule has 29 heavy (non-hydrogen) atoms. The number of nitriles is 1. The number of hydrogen-bond donors (Lipinski definition) is 2. The van der Waals surface area contributed by atoms with Crippen LogP contribution in [0.15, 0.2) is 24.4 Å². The summed E-state index contributed by atoms with van der Waals surface area (Å²) in [6.07, 6.45) is 2.72. The van der Waals surface area contributed by atoms with Gasteiger partial charge in [-0.25, -0.2) is 14.2 Å². The third-order valence-corrected chi connectivity index (χ3v) is 5.40. The number of carbonyl (C=O) groups excluding carboxylic acids is 2. The molecule has 1 aromatic carbocycles. The largest absolute Gasteiger partial charge is 0.346 e. The summed E-state index contributed by atoms with van der Waals surface area (Å²) in [4.78, 5) is 35.1. The summed E-state index contributed by atoms with van der Waals surface area (Å²) in [5.74, 6) is -0.733. The summed E-state index contributed by atoms with van der Waals surface area (Å²) in [7, 11) is 0. The Morgan fingerprint density at radius 2 is 2.24 bits per heavy atom. The minimum atomic E-state index is -0.634. The average Bonchev–Trinajstić information content (AvgIpc) is 3.47. The topological polar surface area (TPSA) is 111 Å². The molecule has 8 nitrogen and oxygen atoms in total. The number of carbonyl (C=O) groups is 2. The molecule has 2 aliphatic rings. The molecular formula is C20H19FN6O2. The van der Waals surface area contributed by atoms with Crippen molar-refractivity contribution in [3.63, 3.8) is 0 Å². The van der Waals surface area contributed by atoms with Gasteiger partial charge in [0.2, 0.25) is 5.91 Å². The molecule has 0 unspecified atom stereocenters. The van der Waals surface area contributed by atoms with Gasteiger partial charge in [-0.3, -0.25) is 9.78 Å². The predicted octanol–water partition coefficient (Wildman–Crippen LogP) is 2.51. The second-order valence-corrected chi connectivity index (χ2v) is 7.36. The van der Waals surface area contributed by atoms with Gasteiger partial charge < -0.3 is 15.5 Å². The summed E-state index contributed by atoms with van der Waals surface area (Å²) >= 11 is 0. The van der Waals surface area contributed by atoms with E-state index in [4.69, 9.17) is 5.26 Å². The minimum Gasteiger partial charge on any atom is -0.346 e. The fraction of sp³-hybridized carbons (Fsp3) is 0.350. The maximum Gasteiger partial charge on any atom is 0.323 e. The quantitative estimate of drug-likeness (QED) is 0.828. The number of aryl methyl sites for hydroxylation is 1. The lowest BCUT2D eigenvalue weighted by Crippen LogP contribution is -2.51. The maximum absolute atomic E-state index is 13.8. The lowest BCUT2D eigenvalue weighted by molar-refractivity contribution is -0.123. The van der Waals surface area contributed by atoms with E-state index in [0.717, 1.165) is 0 Å². The van der Waals surface area contributed by atoms with Crippen molar-refractivity contribution in [1.29, 1.82) is 5.26 Å². The number of halogens is 1. The molecule has 0 radical (unpaired) electrons. The molecule has 9 heteroatoms. The van der Waals surface area contributed by atoms with Crippen LogP contribution in [-0.2, 0) is 10.3 Å². The summed E-state index contributed by atoms with van der Waals surface area (Å²) in [6, 6.07) is 5.38. The van der Waals surface area contributed by atoms with Crippen molar-refractivity contribution >= 4 is 17.6 Å². The average molecular weight is 394 g/mol. The first-order chi connectivity index (χ1) is 13.8. The Hall–Kier alpha value is -3.54. The van der Waals surface area contributed by atoms with E-state index in [2.05, 4.69) is 20.6 Å². The van der Waals surface area contributed by atoms with E-state index in [9.17, 15) is 14.0 Å². The van der Waals surface area contributed by atoms with Gasteiger partial charge in [0.25, 0.3) is 0 Å². The number of urea groups is 1. The Balaban J connectivity index is 1.50. The molecule has 1 aliphatic heterocycles. The molecule has 2 heterocycles. The van der Waals surface area contributed by atoms with Crippen molar-refractivity contribution in [3.8, 4) is 6.07 Å². The second-order valence-electron chi connectivity index (χ2n) is 7.36. The molecule has 3 amide bonds. The van der Waals surface area contributed by atoms with Crippen molar-refractivity contribution in [1.82, 2.24) is 20.2 Å². The fourth-order valence-electron chi connectivity index (χ4n) is 3.88. The summed E-state index contributed by atoms with van der Waals surface area (Å²) in [6.45, 7) is 3.32. The van der Waals surface area contributed by atoms with E-state index in [-0.39, 0.29) is 30.0 Å². The molecule has 1 spiro atoms. The molecule has 2 N–H and O–H groups in total. The van der Waals surface area contributed by atoms with Gasteiger partial charge in [-0.1, -0.05) is 0 Å². The van der Waals surface area contributed by atoms with Crippen molar-refractivity contribution in [2.24, 2.45) is 0 Å². The summed E-state index contributed by atoms with van der Waals surface area (Å²) in [5, 5.41) is 14.5. The maximum atomic E-state index is 13.8. The number of nitrogens with one attached hydrogen (secondary N) is 2. The Morgan fingerprint density at radius 1 is 1.48 bits per heavy atom. The highest BCUT2D eigenvalue weighted by Crippen LogP contribution is 2.55. The van der Waals surface area contributed by atoms with E-state index in [1.54, 1.807) is 19.9 Å². The van der Waals surface area contributed by atoms with Gasteiger partial charge >= 0.3 is 6.03 Å². The van der Waals surface area contributed by atoms with Gasteiger partial charge in [-0.2, -0.15) is 5.26 Å². The van der Waals surface area contributed by atoms with Crippen LogP contribution in [0.2, 0.25) is 0 Å². The number of anilines is 1. The second kappa shape index (κ2) is 6.81. The lowest BCUT2D eigenvalue weighted by atomic mass is 9.98. The van der Waals surface area contributed by atoms with Gasteiger partial charge in [0, 0.05) is 11.3 Å². The SMILES string of the molecule is Cc1nc(C#N)cnc1[C@@H](C)NC(=O)CN1C(=O)Nc2ccc(F)cc2C12CC2. The molecule has 4 rings (SSSR count). The van der Waals surface area contributed by atoms with Crippen LogP contribution in [0.5, 0.6) is 0 Å². The van der Waals surface area contributed by atoms with Crippen LogP contribution in [0.25, 0.3) is 0 Å². The smallest absolute Gasteiger partial charge is 0.323 e. The molecule has 148 valence electrons. The van der Waals surface area contributed by atoms with Gasteiger partial charge in [-0.05, 0) is 44.9 Å². The van der Waals surface area contributed by atoms with Crippen molar-refractivity contribution in [2.75, 3.05) is 11.9 Å². The van der Waals surface area contributed by atoms with Crippen molar-refractivity contribution < 1.29 is 14.0 Å². The number of rotatable bonds is 4. The molecule has 2 aromatic rings. The molecule has 1 fully saturated rings. The van der Waals surface area contributed by atoms with Crippen LogP contribution in [-0.4, -0.2) is 33.4 Å². The van der Waals surface area contributed by atoms with Crippen molar-refractivity contribution in [3.05, 3.63) is 52.9 Å². The van der Waals surface area contributed by atoms with E-state index in [1.807, 2.05) is 6.07 Å². The lowest BCUT2D eigenvalue weighted by Gasteiger charge is -2.37. The van der Waals surface area contributed by atoms with Gasteiger partial charge in [0.1, 0.15) is 18.4 Å². The van der Waals surface area contributed by atoms with Crippen molar-refractivity contribution in [2.45, 2.75) is 38.3 Å². The Labute approximate surface area is 166 Å². The number of hydrogen-bond acceptors (Lipinski definition) is 5. The third kappa shape index (κ3) is 3.27. The summed E-state index contributed by atoms with van der Waals surface area (Å²) < 4.78 is 13.8. The Bertz CT molecular complexity index is 1060. The molecule has 1 aromatic heterocycles. The highest BCUT2D eigenvalue weighted by Gasteiger charge is 2.55. The molecule has 0 bridgehead atoms. The number of amides is 3. The molecule has 1 saturated carbocycles. The highest BCUT2D eigenvalue weighted by atomic mass is 19.1. The zero-order chi connectivity index (χ0) is 20.8. The van der Waals surface area contributed by atoms with Crippen LogP contribution in [0.1, 0.15) is 48.5 Å². The van der Waals surface area contributed by atoms with Crippen LogP contribution in [0, 0.1) is 24.1 Å². The van der Waals surface area contributed by atoms with E-state index in [1.165, 1.54) is 23.2 Å². The van der Waals surface area contributed by atoms with Crippen LogP contribution in [0.4, 0.5) is 14.9 Å².